The quantitative estimate of drug-likeness (QED) is 0.497. The van der Waals surface area contributed by atoms with Crippen molar-refractivity contribution in [2.45, 2.75) is 38.5 Å². The molecule has 30 heavy (non-hydrogen) atoms. The molecule has 0 bridgehead atoms. The highest BCUT2D eigenvalue weighted by molar-refractivity contribution is 5.90. The van der Waals surface area contributed by atoms with Gasteiger partial charge < -0.3 is 19.5 Å². The molecule has 152 valence electrons. The molecule has 5 rings (SSSR count). The number of carbonyl (C=O) groups is 2. The van der Waals surface area contributed by atoms with Crippen LogP contribution >= 0.6 is 0 Å². The molecule has 2 aliphatic heterocycles. The summed E-state index contributed by atoms with van der Waals surface area (Å²) in [7, 11) is 0. The lowest BCUT2D eigenvalue weighted by Gasteiger charge is -2.31. The van der Waals surface area contributed by atoms with Gasteiger partial charge in [0.15, 0.2) is 5.60 Å². The van der Waals surface area contributed by atoms with Gasteiger partial charge in [-0.15, -0.1) is 0 Å². The topological polar surface area (TPSA) is 119 Å². The summed E-state index contributed by atoms with van der Waals surface area (Å²) in [5, 5.41) is 20.8. The predicted octanol–water partition coefficient (Wildman–Crippen LogP) is 1.71. The van der Waals surface area contributed by atoms with E-state index in [1.54, 1.807) is 35.8 Å². The van der Waals surface area contributed by atoms with E-state index in [-0.39, 0.29) is 42.7 Å². The average molecular weight is 406 g/mol. The third-order valence-electron chi connectivity index (χ3n) is 5.98. The summed E-state index contributed by atoms with van der Waals surface area (Å²) in [5.74, 6) is -1.69. The first kappa shape index (κ1) is 18.5. The number of aliphatic carboxylic acids is 1. The molecular formula is C22H18N2O6. The Labute approximate surface area is 170 Å². The number of aliphatic hydroxyl groups is 1. The molecule has 0 aliphatic carbocycles. The molecule has 0 amide bonds. The van der Waals surface area contributed by atoms with Crippen molar-refractivity contribution in [3.8, 4) is 11.4 Å². The van der Waals surface area contributed by atoms with Gasteiger partial charge >= 0.3 is 11.9 Å². The number of aromatic nitrogens is 2. The number of ether oxygens (including phenoxy) is 1. The fourth-order valence-electron chi connectivity index (χ4n) is 4.38. The zero-order valence-electron chi connectivity index (χ0n) is 16.1. The number of carbonyl (C=O) groups excluding carboxylic acids is 1. The zero-order chi connectivity index (χ0) is 21.2. The van der Waals surface area contributed by atoms with Gasteiger partial charge in [0.2, 0.25) is 0 Å². The minimum absolute atomic E-state index is 0.0816. The highest BCUT2D eigenvalue weighted by atomic mass is 16.6. The second-order valence-corrected chi connectivity index (χ2v) is 7.65. The number of rotatable bonds is 3. The Morgan fingerprint density at radius 3 is 2.83 bits per heavy atom. The first-order chi connectivity index (χ1) is 14.3. The Morgan fingerprint density at radius 2 is 2.10 bits per heavy atom. The van der Waals surface area contributed by atoms with E-state index in [2.05, 4.69) is 0 Å². The molecule has 0 fully saturated rings. The highest BCUT2D eigenvalue weighted by Crippen LogP contribution is 2.38. The first-order valence-electron chi connectivity index (χ1n) is 9.64. The lowest BCUT2D eigenvalue weighted by atomic mass is 9.86. The molecule has 8 nitrogen and oxygen atoms in total. The molecule has 3 aromatic rings. The van der Waals surface area contributed by atoms with E-state index in [1.807, 2.05) is 6.07 Å². The second kappa shape index (κ2) is 6.24. The van der Waals surface area contributed by atoms with Crippen LogP contribution in [0.1, 0.15) is 35.6 Å². The molecule has 2 N–H and O–H groups in total. The van der Waals surface area contributed by atoms with Crippen LogP contribution in [-0.4, -0.2) is 31.7 Å². The number of carboxylic acids is 1. The molecule has 4 heterocycles. The molecule has 0 radical (unpaired) electrons. The van der Waals surface area contributed by atoms with E-state index < -0.39 is 17.5 Å². The Hall–Kier alpha value is -3.52. The van der Waals surface area contributed by atoms with Crippen molar-refractivity contribution in [1.82, 2.24) is 9.55 Å². The Kier molecular flexibility index (Phi) is 3.85. The molecule has 2 aliphatic rings. The molecule has 0 spiro atoms. The number of pyridine rings is 2. The summed E-state index contributed by atoms with van der Waals surface area (Å²) >= 11 is 0. The van der Waals surface area contributed by atoms with Gasteiger partial charge in [0, 0.05) is 16.5 Å². The van der Waals surface area contributed by atoms with E-state index in [1.165, 1.54) is 0 Å². The van der Waals surface area contributed by atoms with Gasteiger partial charge in [-0.05, 0) is 30.2 Å². The van der Waals surface area contributed by atoms with Gasteiger partial charge in [-0.2, -0.15) is 0 Å². The minimum atomic E-state index is -1.86. The number of cyclic esters (lactones) is 1. The lowest BCUT2D eigenvalue weighted by molar-refractivity contribution is -0.172. The maximum absolute atomic E-state index is 13.1. The fraction of sp³-hybridized carbons (Fsp3) is 0.273. The summed E-state index contributed by atoms with van der Waals surface area (Å²) in [6.45, 7) is 1.76. The van der Waals surface area contributed by atoms with Crippen molar-refractivity contribution in [3.63, 3.8) is 0 Å². The smallest absolute Gasteiger partial charge is 0.343 e. The standard InChI is InChI=1S/C22H18N2O6/c1-2-22(29)15-8-17-19-12(9-24(17)20(27)14(15)10-30-21(22)28)6-13-11(7-18(25)26)4-3-5-16(13)23-19/h3-6,8,29H,2,7,9-10H2,1H3,(H,25,26). The molecule has 1 atom stereocenters. The first-order valence-corrected chi connectivity index (χ1v) is 9.64. The van der Waals surface area contributed by atoms with Crippen LogP contribution in [0.25, 0.3) is 22.3 Å². The molecule has 2 aromatic heterocycles. The maximum atomic E-state index is 13.1. The predicted molar refractivity (Wildman–Crippen MR) is 106 cm³/mol. The molecule has 0 saturated heterocycles. The number of esters is 1. The number of hydrogen-bond donors (Lipinski definition) is 2. The van der Waals surface area contributed by atoms with E-state index in [0.717, 1.165) is 10.9 Å². The van der Waals surface area contributed by atoms with Crippen molar-refractivity contribution >= 4 is 22.8 Å². The number of hydrogen-bond acceptors (Lipinski definition) is 6. The molecule has 0 saturated carbocycles. The van der Waals surface area contributed by atoms with Crippen molar-refractivity contribution in [1.29, 1.82) is 0 Å². The summed E-state index contributed by atoms with van der Waals surface area (Å²) in [5.41, 5.74) is 1.53. The zero-order valence-corrected chi connectivity index (χ0v) is 16.1. The number of nitrogens with zero attached hydrogens (tertiary/aromatic N) is 2. The number of benzene rings is 1. The highest BCUT2D eigenvalue weighted by Gasteiger charge is 2.45. The van der Waals surface area contributed by atoms with E-state index >= 15 is 0 Å². The van der Waals surface area contributed by atoms with Crippen LogP contribution < -0.4 is 5.56 Å². The van der Waals surface area contributed by atoms with Gasteiger partial charge in [-0.1, -0.05) is 19.1 Å². The van der Waals surface area contributed by atoms with E-state index in [4.69, 9.17) is 9.72 Å². The maximum Gasteiger partial charge on any atom is 0.343 e. The van der Waals surface area contributed by atoms with Crippen molar-refractivity contribution in [3.05, 3.63) is 62.9 Å². The third kappa shape index (κ3) is 2.43. The van der Waals surface area contributed by atoms with Crippen molar-refractivity contribution < 1.29 is 24.5 Å². The van der Waals surface area contributed by atoms with E-state index in [9.17, 15) is 24.6 Å². The van der Waals surface area contributed by atoms with Gasteiger partial charge in [0.25, 0.3) is 5.56 Å². The third-order valence-corrected chi connectivity index (χ3v) is 5.98. The van der Waals surface area contributed by atoms with Crippen LogP contribution in [-0.2, 0) is 39.5 Å². The van der Waals surface area contributed by atoms with Crippen molar-refractivity contribution in [2.24, 2.45) is 0 Å². The second-order valence-electron chi connectivity index (χ2n) is 7.65. The number of fused-ring (bicyclic) bond motifs is 5. The molecule has 1 aromatic carbocycles. The Balaban J connectivity index is 1.75. The van der Waals surface area contributed by atoms with Gasteiger partial charge in [0.1, 0.15) is 6.61 Å². The van der Waals surface area contributed by atoms with Crippen LogP contribution in [0, 0.1) is 0 Å². The SMILES string of the molecule is CCC1(O)C(=O)OCc2c1cc1n(c2=O)Cc2cc3c(CC(=O)O)cccc3nc2-1. The molecular weight excluding hydrogens is 388 g/mol. The lowest BCUT2D eigenvalue weighted by Crippen LogP contribution is -2.44. The van der Waals surface area contributed by atoms with Crippen LogP contribution in [0.15, 0.2) is 35.1 Å². The minimum Gasteiger partial charge on any atom is -0.481 e. The normalized spacial score (nSPS) is 19.2. The van der Waals surface area contributed by atoms with Crippen LogP contribution in [0.5, 0.6) is 0 Å². The van der Waals surface area contributed by atoms with Crippen molar-refractivity contribution in [2.75, 3.05) is 0 Å². The van der Waals surface area contributed by atoms with Gasteiger partial charge in [0.05, 0.1) is 35.4 Å². The van der Waals surface area contributed by atoms with Gasteiger partial charge in [-0.25, -0.2) is 9.78 Å². The van der Waals surface area contributed by atoms with Crippen LogP contribution in [0.4, 0.5) is 0 Å². The van der Waals surface area contributed by atoms with Gasteiger partial charge in [-0.3, -0.25) is 9.59 Å². The largest absolute Gasteiger partial charge is 0.481 e. The monoisotopic (exact) mass is 406 g/mol. The summed E-state index contributed by atoms with van der Waals surface area (Å²) < 4.78 is 6.63. The molecule has 8 heteroatoms. The number of carboxylic acid groups (broad SMARTS) is 1. The van der Waals surface area contributed by atoms with E-state index in [0.29, 0.717) is 22.5 Å². The fourth-order valence-corrected chi connectivity index (χ4v) is 4.38. The summed E-state index contributed by atoms with van der Waals surface area (Å²) in [6.07, 6.45) is -0.0414. The average Bonchev–Trinajstić information content (AvgIpc) is 3.08. The van der Waals surface area contributed by atoms with Crippen LogP contribution in [0.3, 0.4) is 0 Å². The molecule has 1 unspecified atom stereocenters. The Bertz CT molecular complexity index is 1330. The van der Waals surface area contributed by atoms with Crippen LogP contribution in [0.2, 0.25) is 0 Å². The summed E-state index contributed by atoms with van der Waals surface area (Å²) in [4.78, 5) is 41.3. The summed E-state index contributed by atoms with van der Waals surface area (Å²) in [6, 6.07) is 8.82. The Morgan fingerprint density at radius 1 is 1.30 bits per heavy atom.